The van der Waals surface area contributed by atoms with Crippen LogP contribution in [0, 0.1) is 0 Å². The lowest BCUT2D eigenvalue weighted by atomic mass is 10.1. The van der Waals surface area contributed by atoms with E-state index in [0.717, 1.165) is 70.6 Å². The number of nitrogens with one attached hydrogen (secondary N) is 1. The van der Waals surface area contributed by atoms with Crippen LogP contribution in [0.15, 0.2) is 72.9 Å². The number of rotatable bonds is 33. The molecular formula is C39H69N2O6P. The summed E-state index contributed by atoms with van der Waals surface area (Å²) in [7, 11) is -4.34. The van der Waals surface area contributed by atoms with Crippen molar-refractivity contribution in [2.45, 2.75) is 148 Å². The van der Waals surface area contributed by atoms with Gasteiger partial charge in [-0.25, -0.2) is 4.57 Å². The minimum atomic E-state index is -4.34. The average molecular weight is 693 g/mol. The fraction of sp³-hybridized carbons (Fsp3) is 0.667. The number of carbonyl (C=O) groups is 1. The van der Waals surface area contributed by atoms with Crippen LogP contribution in [-0.2, 0) is 18.4 Å². The van der Waals surface area contributed by atoms with Gasteiger partial charge in [-0.2, -0.15) is 0 Å². The minimum Gasteiger partial charge on any atom is -0.387 e. The van der Waals surface area contributed by atoms with Gasteiger partial charge in [-0.05, 0) is 64.2 Å². The Morgan fingerprint density at radius 1 is 0.708 bits per heavy atom. The number of hydrogen-bond acceptors (Lipinski definition) is 6. The second kappa shape index (κ2) is 34.8. The quantitative estimate of drug-likeness (QED) is 0.0306. The van der Waals surface area contributed by atoms with E-state index in [1.165, 1.54) is 38.5 Å². The predicted molar refractivity (Wildman–Crippen MR) is 203 cm³/mol. The molecule has 0 aromatic heterocycles. The van der Waals surface area contributed by atoms with E-state index >= 15 is 0 Å². The molecule has 1 amide bonds. The van der Waals surface area contributed by atoms with Gasteiger partial charge in [0, 0.05) is 13.0 Å². The number of amides is 1. The fourth-order valence-electron chi connectivity index (χ4n) is 4.74. The molecule has 0 spiro atoms. The minimum absolute atomic E-state index is 0.0687. The summed E-state index contributed by atoms with van der Waals surface area (Å²) in [6, 6.07) is -0.879. The summed E-state index contributed by atoms with van der Waals surface area (Å²) < 4.78 is 22.0. The second-order valence-corrected chi connectivity index (χ2v) is 13.5. The number of nitrogens with two attached hydrogens (primary N) is 1. The normalized spacial score (nSPS) is 15.2. The van der Waals surface area contributed by atoms with Crippen LogP contribution in [0.1, 0.15) is 136 Å². The molecule has 0 saturated heterocycles. The van der Waals surface area contributed by atoms with Crippen molar-refractivity contribution in [3.8, 4) is 0 Å². The molecule has 0 fully saturated rings. The molecule has 0 aliphatic rings. The molecule has 0 aromatic carbocycles. The topological polar surface area (TPSA) is 131 Å². The Hall–Kier alpha value is -2.06. The van der Waals surface area contributed by atoms with Gasteiger partial charge < -0.3 is 21.1 Å². The van der Waals surface area contributed by atoms with Crippen LogP contribution < -0.4 is 11.1 Å². The summed E-state index contributed by atoms with van der Waals surface area (Å²) in [5, 5.41) is 13.5. The lowest BCUT2D eigenvalue weighted by molar-refractivity contribution is -0.123. The number of phosphoric acid groups is 1. The first-order valence-corrected chi connectivity index (χ1v) is 20.1. The largest absolute Gasteiger partial charge is 0.472 e. The summed E-state index contributed by atoms with van der Waals surface area (Å²) >= 11 is 0. The monoisotopic (exact) mass is 692 g/mol. The van der Waals surface area contributed by atoms with E-state index in [1.54, 1.807) is 6.08 Å². The molecule has 0 heterocycles. The van der Waals surface area contributed by atoms with E-state index in [2.05, 4.69) is 79.9 Å². The molecule has 5 N–H and O–H groups in total. The van der Waals surface area contributed by atoms with Crippen molar-refractivity contribution in [3.63, 3.8) is 0 Å². The zero-order valence-corrected chi connectivity index (χ0v) is 31.1. The SMILES string of the molecule is CC/C=C\C/C=C\C/C=C\C/C=C\C/C=C\CCCCCC(=O)NC(COP(=O)(O)OCCN)C(O)/C=C/CCCCCCCCCC. The Bertz CT molecular complexity index is 976. The zero-order valence-electron chi connectivity index (χ0n) is 30.2. The van der Waals surface area contributed by atoms with Crippen molar-refractivity contribution in [1.82, 2.24) is 5.32 Å². The van der Waals surface area contributed by atoms with Crippen LogP contribution in [0.2, 0.25) is 0 Å². The van der Waals surface area contributed by atoms with Gasteiger partial charge in [-0.1, -0.05) is 138 Å². The molecular weight excluding hydrogens is 623 g/mol. The smallest absolute Gasteiger partial charge is 0.387 e. The number of allylic oxidation sites excluding steroid dienone is 11. The Kier molecular flexibility index (Phi) is 33.3. The van der Waals surface area contributed by atoms with Gasteiger partial charge in [-0.3, -0.25) is 13.8 Å². The predicted octanol–water partition coefficient (Wildman–Crippen LogP) is 9.71. The molecule has 48 heavy (non-hydrogen) atoms. The zero-order chi connectivity index (χ0) is 35.4. The van der Waals surface area contributed by atoms with E-state index in [-0.39, 0.29) is 25.7 Å². The van der Waals surface area contributed by atoms with E-state index in [9.17, 15) is 19.4 Å². The molecule has 0 aromatic rings. The first-order chi connectivity index (χ1) is 23.4. The molecule has 0 aliphatic heterocycles. The summed E-state index contributed by atoms with van der Waals surface area (Å²) in [4.78, 5) is 22.5. The molecule has 8 nitrogen and oxygen atoms in total. The molecule has 0 bridgehead atoms. The van der Waals surface area contributed by atoms with Crippen LogP contribution >= 0.6 is 7.82 Å². The Morgan fingerprint density at radius 3 is 1.77 bits per heavy atom. The summed E-state index contributed by atoms with van der Waals surface area (Å²) in [5.74, 6) is -0.232. The molecule has 3 unspecified atom stereocenters. The van der Waals surface area contributed by atoms with Crippen LogP contribution in [0.25, 0.3) is 0 Å². The number of unbranched alkanes of at least 4 members (excludes halogenated alkanes) is 11. The molecule has 9 heteroatoms. The van der Waals surface area contributed by atoms with E-state index in [0.29, 0.717) is 12.8 Å². The number of aliphatic hydroxyl groups is 1. The van der Waals surface area contributed by atoms with Gasteiger partial charge in [0.25, 0.3) is 0 Å². The average Bonchev–Trinajstić information content (AvgIpc) is 3.07. The maximum Gasteiger partial charge on any atom is 0.472 e. The van der Waals surface area contributed by atoms with E-state index in [1.807, 2.05) is 6.08 Å². The summed E-state index contributed by atoms with van der Waals surface area (Å²) in [6.45, 7) is 3.93. The number of hydrogen-bond donors (Lipinski definition) is 4. The first kappa shape index (κ1) is 45.9. The lowest BCUT2D eigenvalue weighted by Gasteiger charge is -2.23. The Balaban J connectivity index is 4.37. The van der Waals surface area contributed by atoms with Gasteiger partial charge in [0.2, 0.25) is 5.91 Å². The highest BCUT2D eigenvalue weighted by Crippen LogP contribution is 2.43. The lowest BCUT2D eigenvalue weighted by Crippen LogP contribution is -2.45. The van der Waals surface area contributed by atoms with Crippen molar-refractivity contribution in [1.29, 1.82) is 0 Å². The molecule has 3 atom stereocenters. The molecule has 0 rings (SSSR count). The Labute approximate surface area is 293 Å². The fourth-order valence-corrected chi connectivity index (χ4v) is 5.50. The maximum absolute atomic E-state index is 12.7. The highest BCUT2D eigenvalue weighted by atomic mass is 31.2. The number of carbonyl (C=O) groups excluding carboxylic acids is 1. The third-order valence-corrected chi connectivity index (χ3v) is 8.52. The third kappa shape index (κ3) is 32.5. The highest BCUT2D eigenvalue weighted by Gasteiger charge is 2.26. The summed E-state index contributed by atoms with van der Waals surface area (Å²) in [6.07, 6.45) is 43.8. The van der Waals surface area contributed by atoms with Crippen LogP contribution in [0.4, 0.5) is 0 Å². The van der Waals surface area contributed by atoms with Gasteiger partial charge >= 0.3 is 7.82 Å². The van der Waals surface area contributed by atoms with Crippen LogP contribution in [-0.4, -0.2) is 47.8 Å². The molecule has 0 saturated carbocycles. The Morgan fingerprint density at radius 2 is 1.21 bits per heavy atom. The van der Waals surface area contributed by atoms with Crippen molar-refractivity contribution in [3.05, 3.63) is 72.9 Å². The number of phosphoric ester groups is 1. The van der Waals surface area contributed by atoms with E-state index in [4.69, 9.17) is 14.8 Å². The van der Waals surface area contributed by atoms with Crippen LogP contribution in [0.3, 0.4) is 0 Å². The maximum atomic E-state index is 12.7. The van der Waals surface area contributed by atoms with Crippen molar-refractivity contribution in [2.75, 3.05) is 19.8 Å². The van der Waals surface area contributed by atoms with E-state index < -0.39 is 20.0 Å². The molecule has 276 valence electrons. The molecule has 0 aliphatic carbocycles. The third-order valence-electron chi connectivity index (χ3n) is 7.54. The summed E-state index contributed by atoms with van der Waals surface area (Å²) in [5.41, 5.74) is 5.34. The van der Waals surface area contributed by atoms with Crippen molar-refractivity contribution >= 4 is 13.7 Å². The second-order valence-electron chi connectivity index (χ2n) is 12.0. The highest BCUT2D eigenvalue weighted by molar-refractivity contribution is 7.47. The van der Waals surface area contributed by atoms with Crippen LogP contribution in [0.5, 0.6) is 0 Å². The first-order valence-electron chi connectivity index (χ1n) is 18.6. The van der Waals surface area contributed by atoms with Gasteiger partial charge in [0.05, 0.1) is 25.4 Å². The van der Waals surface area contributed by atoms with Gasteiger partial charge in [-0.15, -0.1) is 0 Å². The number of aliphatic hydroxyl groups excluding tert-OH is 1. The van der Waals surface area contributed by atoms with Crippen molar-refractivity contribution in [2.24, 2.45) is 5.73 Å². The van der Waals surface area contributed by atoms with Gasteiger partial charge in [0.15, 0.2) is 0 Å². The van der Waals surface area contributed by atoms with Crippen molar-refractivity contribution < 1.29 is 28.4 Å². The molecule has 0 radical (unpaired) electrons. The standard InChI is InChI=1S/C39H69N2O6P/c1-3-5-7-9-11-13-15-16-17-18-19-20-21-22-23-25-27-29-31-33-39(43)41-37(36-47-48(44,45)46-35-34-40)38(42)32-30-28-26-24-14-12-10-8-6-4-2/h5,7,11,13,16-17,19-20,22-23,30,32,37-38,42H,3-4,6,8-10,12,14-15,18,21,24-29,31,33-36,40H2,1-2H3,(H,41,43)(H,44,45)/b7-5-,13-11-,17-16-,20-19-,23-22-,32-30+. The van der Waals surface area contributed by atoms with Gasteiger partial charge in [0.1, 0.15) is 0 Å².